The van der Waals surface area contributed by atoms with Gasteiger partial charge in [-0.25, -0.2) is 14.8 Å². The second-order valence-corrected chi connectivity index (χ2v) is 8.16. The average Bonchev–Trinajstić information content (AvgIpc) is 3.47. The van der Waals surface area contributed by atoms with Crippen molar-refractivity contribution >= 4 is 34.1 Å². The first-order valence-corrected chi connectivity index (χ1v) is 10.9. The average molecular weight is 414 g/mol. The van der Waals surface area contributed by atoms with Crippen LogP contribution in [0.1, 0.15) is 18.4 Å². The number of nitrogens with two attached hydrogens (primary N) is 1. The summed E-state index contributed by atoms with van der Waals surface area (Å²) in [5, 5.41) is 6.04. The molecular weight excluding hydrogens is 386 g/mol. The molecule has 4 rings (SSSR count). The Balaban J connectivity index is 1.30. The lowest BCUT2D eigenvalue weighted by atomic mass is 10.2. The maximum absolute atomic E-state index is 12.3. The van der Waals surface area contributed by atoms with Crippen molar-refractivity contribution in [3.8, 4) is 0 Å². The molecule has 0 bridgehead atoms. The van der Waals surface area contributed by atoms with Crippen LogP contribution in [0.4, 0.5) is 15.6 Å². The first-order chi connectivity index (χ1) is 14.2. The molecule has 2 saturated heterocycles. The highest BCUT2D eigenvalue weighted by Crippen LogP contribution is 2.19. The van der Waals surface area contributed by atoms with Crippen molar-refractivity contribution in [1.29, 1.82) is 0 Å². The number of anilines is 2. The number of thiazole rings is 1. The van der Waals surface area contributed by atoms with Crippen molar-refractivity contribution in [2.75, 3.05) is 49.5 Å². The van der Waals surface area contributed by atoms with E-state index in [1.807, 2.05) is 40.7 Å². The van der Waals surface area contributed by atoms with E-state index in [0.29, 0.717) is 12.5 Å². The van der Waals surface area contributed by atoms with Crippen LogP contribution in [0.2, 0.25) is 0 Å². The van der Waals surface area contributed by atoms with E-state index in [9.17, 15) is 4.79 Å². The first-order valence-electron chi connectivity index (χ1n) is 10.0. The molecule has 29 heavy (non-hydrogen) atoms. The molecule has 2 amide bonds. The van der Waals surface area contributed by atoms with E-state index >= 15 is 0 Å². The highest BCUT2D eigenvalue weighted by molar-refractivity contribution is 7.13. The van der Waals surface area contributed by atoms with Crippen LogP contribution < -0.4 is 16.0 Å². The number of aromatic nitrogens is 1. The summed E-state index contributed by atoms with van der Waals surface area (Å²) in [5.41, 5.74) is 8.05. The highest BCUT2D eigenvalue weighted by Gasteiger charge is 2.20. The van der Waals surface area contributed by atoms with Gasteiger partial charge in [0.25, 0.3) is 0 Å². The van der Waals surface area contributed by atoms with Crippen LogP contribution in [0.3, 0.4) is 0 Å². The summed E-state index contributed by atoms with van der Waals surface area (Å²) in [6.45, 7) is 5.61. The number of guanidine groups is 1. The minimum absolute atomic E-state index is 0.0271. The molecule has 0 unspecified atom stereocenters. The van der Waals surface area contributed by atoms with E-state index in [2.05, 4.69) is 25.1 Å². The molecule has 154 valence electrons. The van der Waals surface area contributed by atoms with Crippen molar-refractivity contribution < 1.29 is 4.79 Å². The number of aliphatic imine (C=N–C) groups is 1. The third-order valence-electron chi connectivity index (χ3n) is 5.29. The Hall–Kier alpha value is -2.81. The fraction of sp³-hybridized carbons (Fsp3) is 0.450. The third-order valence-corrected chi connectivity index (χ3v) is 6.12. The molecule has 2 aliphatic heterocycles. The van der Waals surface area contributed by atoms with Gasteiger partial charge in [0.15, 0.2) is 11.1 Å². The van der Waals surface area contributed by atoms with Gasteiger partial charge in [-0.1, -0.05) is 12.1 Å². The number of urea groups is 1. The number of nitrogens with zero attached hydrogens (tertiary/aromatic N) is 5. The summed E-state index contributed by atoms with van der Waals surface area (Å²) in [7, 11) is 0. The number of carbonyl (C=O) groups is 1. The van der Waals surface area contributed by atoms with Crippen LogP contribution in [0.15, 0.2) is 40.8 Å². The number of rotatable bonds is 4. The van der Waals surface area contributed by atoms with Gasteiger partial charge in [-0.2, -0.15) is 0 Å². The van der Waals surface area contributed by atoms with Crippen molar-refractivity contribution in [2.45, 2.75) is 19.4 Å². The predicted molar refractivity (Wildman–Crippen MR) is 117 cm³/mol. The van der Waals surface area contributed by atoms with Gasteiger partial charge in [0.2, 0.25) is 0 Å². The second kappa shape index (κ2) is 9.13. The molecule has 2 aromatic rings. The molecule has 0 radical (unpaired) electrons. The van der Waals surface area contributed by atoms with Gasteiger partial charge in [-0.15, -0.1) is 11.3 Å². The SMILES string of the molecule is NC(=NCc1cccc(NC(=O)N2CCCC2)c1)N1CCN(c2nccs2)CC1. The number of hydrogen-bond acceptors (Lipinski definition) is 5. The molecule has 9 heteroatoms. The quantitative estimate of drug-likeness (QED) is 0.593. The van der Waals surface area contributed by atoms with E-state index in [1.165, 1.54) is 0 Å². The number of nitrogens with one attached hydrogen (secondary N) is 1. The summed E-state index contributed by atoms with van der Waals surface area (Å²) < 4.78 is 0. The van der Waals surface area contributed by atoms with Crippen molar-refractivity contribution in [1.82, 2.24) is 14.8 Å². The number of likely N-dealkylation sites (tertiary alicyclic amines) is 1. The maximum Gasteiger partial charge on any atom is 0.321 e. The fourth-order valence-corrected chi connectivity index (χ4v) is 4.34. The monoisotopic (exact) mass is 413 g/mol. The topological polar surface area (TPSA) is 90.1 Å². The molecule has 0 aliphatic carbocycles. The fourth-order valence-electron chi connectivity index (χ4n) is 3.64. The summed E-state index contributed by atoms with van der Waals surface area (Å²) in [6, 6.07) is 7.78. The minimum atomic E-state index is -0.0271. The lowest BCUT2D eigenvalue weighted by Gasteiger charge is -2.35. The summed E-state index contributed by atoms with van der Waals surface area (Å²) in [5.74, 6) is 0.565. The van der Waals surface area contributed by atoms with Gasteiger partial charge in [0, 0.05) is 56.5 Å². The van der Waals surface area contributed by atoms with Crippen LogP contribution in [-0.2, 0) is 6.54 Å². The maximum atomic E-state index is 12.3. The van der Waals surface area contributed by atoms with Gasteiger partial charge in [-0.3, -0.25) is 0 Å². The summed E-state index contributed by atoms with van der Waals surface area (Å²) in [6.07, 6.45) is 4.00. The van der Waals surface area contributed by atoms with Crippen molar-refractivity contribution in [3.05, 3.63) is 41.4 Å². The number of carbonyl (C=O) groups excluding carboxylic acids is 1. The van der Waals surface area contributed by atoms with Crippen molar-refractivity contribution in [3.63, 3.8) is 0 Å². The van der Waals surface area contributed by atoms with Gasteiger partial charge < -0.3 is 25.8 Å². The van der Waals surface area contributed by atoms with E-state index in [1.54, 1.807) is 11.3 Å². The Morgan fingerprint density at radius 2 is 1.93 bits per heavy atom. The Morgan fingerprint density at radius 1 is 1.14 bits per heavy atom. The van der Waals surface area contributed by atoms with Gasteiger partial charge in [0.1, 0.15) is 0 Å². The number of benzene rings is 1. The van der Waals surface area contributed by atoms with Crippen molar-refractivity contribution in [2.24, 2.45) is 10.7 Å². The molecule has 3 N–H and O–H groups in total. The predicted octanol–water partition coefficient (Wildman–Crippen LogP) is 2.41. The first kappa shape index (κ1) is 19.5. The molecule has 1 aromatic heterocycles. The van der Waals surface area contributed by atoms with Gasteiger partial charge in [0.05, 0.1) is 6.54 Å². The smallest absolute Gasteiger partial charge is 0.321 e. The molecule has 3 heterocycles. The Labute approximate surface area is 175 Å². The van der Waals surface area contributed by atoms with Crippen LogP contribution in [-0.4, -0.2) is 66.0 Å². The Kier molecular flexibility index (Phi) is 6.14. The highest BCUT2D eigenvalue weighted by atomic mass is 32.1. The van der Waals surface area contributed by atoms with Crippen LogP contribution in [0.25, 0.3) is 0 Å². The zero-order valence-electron chi connectivity index (χ0n) is 16.5. The van der Waals surface area contributed by atoms with Crippen LogP contribution in [0.5, 0.6) is 0 Å². The molecule has 2 aliphatic rings. The molecule has 0 atom stereocenters. The molecule has 0 saturated carbocycles. The molecule has 0 spiro atoms. The molecule has 1 aromatic carbocycles. The zero-order valence-corrected chi connectivity index (χ0v) is 17.3. The largest absolute Gasteiger partial charge is 0.370 e. The standard InChI is InChI=1S/C20H27N7OS/c21-18(25-9-11-27(12-10-25)20-22-6-13-29-20)23-15-16-4-3-5-17(14-16)24-19(28)26-7-1-2-8-26/h3-6,13-14H,1-2,7-12,15H2,(H2,21,23)(H,24,28). The molecule has 8 nitrogen and oxygen atoms in total. The van der Waals surface area contributed by atoms with E-state index in [-0.39, 0.29) is 6.03 Å². The van der Waals surface area contributed by atoms with Gasteiger partial charge in [-0.05, 0) is 30.5 Å². The molecule has 2 fully saturated rings. The number of piperazine rings is 1. The van der Waals surface area contributed by atoms with Crippen LogP contribution in [0, 0.1) is 0 Å². The van der Waals surface area contributed by atoms with E-state index in [0.717, 1.165) is 68.5 Å². The summed E-state index contributed by atoms with van der Waals surface area (Å²) >= 11 is 1.66. The Bertz CT molecular complexity index is 840. The normalized spacial score (nSPS) is 17.7. The van der Waals surface area contributed by atoms with Crippen LogP contribution >= 0.6 is 11.3 Å². The number of amides is 2. The second-order valence-electron chi connectivity index (χ2n) is 7.29. The van der Waals surface area contributed by atoms with E-state index in [4.69, 9.17) is 5.73 Å². The Morgan fingerprint density at radius 3 is 2.66 bits per heavy atom. The minimum Gasteiger partial charge on any atom is -0.370 e. The third kappa shape index (κ3) is 4.97. The van der Waals surface area contributed by atoms with Gasteiger partial charge >= 0.3 is 6.03 Å². The zero-order chi connectivity index (χ0) is 20.1. The summed E-state index contributed by atoms with van der Waals surface area (Å²) in [4.78, 5) is 27.5. The number of hydrogen-bond donors (Lipinski definition) is 2. The van der Waals surface area contributed by atoms with E-state index < -0.39 is 0 Å². The lowest BCUT2D eigenvalue weighted by molar-refractivity contribution is 0.222. The molecular formula is C20H27N7OS. The lowest BCUT2D eigenvalue weighted by Crippen LogP contribution is -2.51.